The number of carbonyl (C=O) groups is 1. The first-order valence-corrected chi connectivity index (χ1v) is 6.85. The van der Waals surface area contributed by atoms with Crippen LogP contribution in [0.2, 0.25) is 0 Å². The van der Waals surface area contributed by atoms with Crippen LogP contribution in [0.5, 0.6) is 0 Å². The molecule has 1 aliphatic carbocycles. The lowest BCUT2D eigenvalue weighted by Gasteiger charge is -2.19. The summed E-state index contributed by atoms with van der Waals surface area (Å²) in [6.07, 6.45) is 5.46. The molecule has 1 atom stereocenters. The van der Waals surface area contributed by atoms with E-state index >= 15 is 0 Å². The van der Waals surface area contributed by atoms with Gasteiger partial charge in [0.25, 0.3) is 0 Å². The Hall–Kier alpha value is -0.220. The summed E-state index contributed by atoms with van der Waals surface area (Å²) in [6.45, 7) is 5.23. The second-order valence-electron chi connectivity index (χ2n) is 3.98. The summed E-state index contributed by atoms with van der Waals surface area (Å²) in [5, 5.41) is 3.31. The van der Waals surface area contributed by atoms with Crippen molar-refractivity contribution in [2.45, 2.75) is 43.9 Å². The van der Waals surface area contributed by atoms with Crippen molar-refractivity contribution in [1.29, 1.82) is 0 Å². The molecule has 0 aromatic carbocycles. The van der Waals surface area contributed by atoms with Crippen LogP contribution in [0.3, 0.4) is 0 Å². The molecule has 0 aromatic heterocycles. The fraction of sp³-hybridized carbons (Fsp3) is 0.909. The zero-order valence-corrected chi connectivity index (χ0v) is 10.7. The molecule has 0 amide bonds. The molecule has 15 heavy (non-hydrogen) atoms. The molecule has 1 rings (SSSR count). The van der Waals surface area contributed by atoms with Gasteiger partial charge in [0.05, 0.1) is 6.61 Å². The lowest BCUT2D eigenvalue weighted by atomic mass is 10.2. The Morgan fingerprint density at radius 3 is 2.60 bits per heavy atom. The molecule has 4 heteroatoms. The Kier molecular flexibility index (Phi) is 4.93. The summed E-state index contributed by atoms with van der Waals surface area (Å²) in [5.41, 5.74) is 0. The van der Waals surface area contributed by atoms with Crippen molar-refractivity contribution < 1.29 is 9.53 Å². The third-order valence-electron chi connectivity index (χ3n) is 2.89. The fourth-order valence-corrected chi connectivity index (χ4v) is 2.28. The van der Waals surface area contributed by atoms with E-state index in [-0.39, 0.29) is 12.0 Å². The maximum absolute atomic E-state index is 11.5. The van der Waals surface area contributed by atoms with Crippen molar-refractivity contribution in [2.24, 2.45) is 0 Å². The zero-order valence-electron chi connectivity index (χ0n) is 9.84. The number of hydrogen-bond acceptors (Lipinski definition) is 4. The van der Waals surface area contributed by atoms with E-state index in [0.29, 0.717) is 11.4 Å². The molecule has 0 heterocycles. The van der Waals surface area contributed by atoms with Crippen LogP contribution in [0.1, 0.15) is 33.1 Å². The third kappa shape index (κ3) is 3.68. The molecule has 1 unspecified atom stereocenters. The topological polar surface area (TPSA) is 38.3 Å². The van der Waals surface area contributed by atoms with E-state index in [2.05, 4.69) is 11.6 Å². The minimum absolute atomic E-state index is 0.114. The molecule has 0 bridgehead atoms. The van der Waals surface area contributed by atoms with Crippen LogP contribution in [0.15, 0.2) is 0 Å². The zero-order chi connectivity index (χ0) is 11.3. The van der Waals surface area contributed by atoms with E-state index in [9.17, 15) is 4.79 Å². The lowest BCUT2D eigenvalue weighted by molar-refractivity contribution is -0.145. The van der Waals surface area contributed by atoms with E-state index in [1.54, 1.807) is 0 Å². The molecular weight excluding hydrogens is 210 g/mol. The van der Waals surface area contributed by atoms with Crippen LogP contribution >= 0.6 is 11.8 Å². The van der Waals surface area contributed by atoms with E-state index < -0.39 is 0 Å². The highest BCUT2D eigenvalue weighted by Gasteiger charge is 2.42. The molecule has 0 saturated heterocycles. The Morgan fingerprint density at radius 2 is 2.20 bits per heavy atom. The van der Waals surface area contributed by atoms with E-state index in [1.807, 2.05) is 25.6 Å². The van der Waals surface area contributed by atoms with Gasteiger partial charge in [0, 0.05) is 11.3 Å². The fourth-order valence-electron chi connectivity index (χ4n) is 1.54. The average molecular weight is 231 g/mol. The van der Waals surface area contributed by atoms with Gasteiger partial charge in [-0.2, -0.15) is 11.8 Å². The van der Waals surface area contributed by atoms with Gasteiger partial charge in [0.15, 0.2) is 0 Å². The van der Waals surface area contributed by atoms with Gasteiger partial charge >= 0.3 is 5.97 Å². The highest BCUT2D eigenvalue weighted by Crippen LogP contribution is 2.46. The van der Waals surface area contributed by atoms with E-state index in [0.717, 1.165) is 13.0 Å². The van der Waals surface area contributed by atoms with Crippen molar-refractivity contribution in [2.75, 3.05) is 19.4 Å². The quantitative estimate of drug-likeness (QED) is 0.678. The number of nitrogens with one attached hydrogen (secondary N) is 1. The maximum Gasteiger partial charge on any atom is 0.323 e. The van der Waals surface area contributed by atoms with Gasteiger partial charge in [-0.15, -0.1) is 0 Å². The summed E-state index contributed by atoms with van der Waals surface area (Å²) in [6, 6.07) is -0.130. The molecule has 1 fully saturated rings. The molecule has 88 valence electrons. The smallest absolute Gasteiger partial charge is 0.323 e. The largest absolute Gasteiger partial charge is 0.465 e. The predicted molar refractivity (Wildman–Crippen MR) is 64.2 cm³/mol. The number of esters is 1. The normalized spacial score (nSPS) is 19.7. The minimum atomic E-state index is -0.130. The summed E-state index contributed by atoms with van der Waals surface area (Å²) < 4.78 is 5.41. The van der Waals surface area contributed by atoms with Gasteiger partial charge in [0.2, 0.25) is 0 Å². The molecule has 1 aliphatic rings. The summed E-state index contributed by atoms with van der Waals surface area (Å²) >= 11 is 1.90. The lowest BCUT2D eigenvalue weighted by Crippen LogP contribution is -2.41. The van der Waals surface area contributed by atoms with Crippen molar-refractivity contribution >= 4 is 17.7 Å². The van der Waals surface area contributed by atoms with Crippen molar-refractivity contribution in [3.8, 4) is 0 Å². The number of hydrogen-bond donors (Lipinski definition) is 1. The Labute approximate surface area is 96.3 Å². The number of rotatable bonds is 7. The maximum atomic E-state index is 11.5. The summed E-state index contributed by atoms with van der Waals surface area (Å²) in [5.74, 6) is -0.114. The van der Waals surface area contributed by atoms with Crippen molar-refractivity contribution in [1.82, 2.24) is 5.32 Å². The monoisotopic (exact) mass is 231 g/mol. The highest BCUT2D eigenvalue weighted by atomic mass is 32.2. The van der Waals surface area contributed by atoms with Crippen molar-refractivity contribution in [3.05, 3.63) is 0 Å². The molecule has 1 N–H and O–H groups in total. The highest BCUT2D eigenvalue weighted by molar-refractivity contribution is 8.00. The Bertz CT molecular complexity index is 217. The van der Waals surface area contributed by atoms with Gasteiger partial charge in [-0.25, -0.2) is 0 Å². The van der Waals surface area contributed by atoms with Gasteiger partial charge < -0.3 is 10.1 Å². The molecule has 0 spiro atoms. The van der Waals surface area contributed by atoms with Crippen LogP contribution in [-0.2, 0) is 9.53 Å². The second kappa shape index (κ2) is 5.75. The first-order chi connectivity index (χ1) is 7.17. The summed E-state index contributed by atoms with van der Waals surface area (Å²) in [4.78, 5) is 11.5. The average Bonchev–Trinajstić information content (AvgIpc) is 3.00. The van der Waals surface area contributed by atoms with Crippen LogP contribution in [0.25, 0.3) is 0 Å². The number of thioether (sulfide) groups is 1. The van der Waals surface area contributed by atoms with Crippen LogP contribution in [0.4, 0.5) is 0 Å². The van der Waals surface area contributed by atoms with Gasteiger partial charge in [-0.05, 0) is 32.4 Å². The van der Waals surface area contributed by atoms with E-state index in [4.69, 9.17) is 4.74 Å². The van der Waals surface area contributed by atoms with Gasteiger partial charge in [-0.1, -0.05) is 6.92 Å². The molecule has 0 radical (unpaired) electrons. The Morgan fingerprint density at radius 1 is 1.53 bits per heavy atom. The van der Waals surface area contributed by atoms with E-state index in [1.165, 1.54) is 12.8 Å². The first-order valence-electron chi connectivity index (χ1n) is 5.62. The van der Waals surface area contributed by atoms with Crippen LogP contribution in [-0.4, -0.2) is 36.2 Å². The molecule has 0 aliphatic heterocycles. The van der Waals surface area contributed by atoms with Crippen molar-refractivity contribution in [3.63, 3.8) is 0 Å². The Balaban J connectivity index is 2.30. The van der Waals surface area contributed by atoms with Gasteiger partial charge in [-0.3, -0.25) is 4.79 Å². The van der Waals surface area contributed by atoms with Crippen LogP contribution in [0, 0.1) is 0 Å². The molecule has 1 saturated carbocycles. The number of carbonyl (C=O) groups excluding carboxylic acids is 1. The SMILES string of the molecule is CCOC(=O)C(CC)NCC1(SC)CC1. The first kappa shape index (κ1) is 12.8. The minimum Gasteiger partial charge on any atom is -0.465 e. The molecular formula is C11H21NO2S. The van der Waals surface area contributed by atoms with Gasteiger partial charge in [0.1, 0.15) is 6.04 Å². The standard InChI is InChI=1S/C11H21NO2S/c1-4-9(10(13)14-5-2)12-8-11(15-3)6-7-11/h9,12H,4-8H2,1-3H3. The second-order valence-corrected chi connectivity index (χ2v) is 5.26. The molecule has 3 nitrogen and oxygen atoms in total. The molecule has 0 aromatic rings. The third-order valence-corrected chi connectivity index (χ3v) is 4.31. The predicted octanol–water partition coefficient (Wildman–Crippen LogP) is 1.81. The van der Waals surface area contributed by atoms with Crippen LogP contribution < -0.4 is 5.32 Å². The summed E-state index contributed by atoms with van der Waals surface area (Å²) in [7, 11) is 0. The number of ether oxygens (including phenoxy) is 1.